The lowest BCUT2D eigenvalue weighted by Crippen LogP contribution is -2.38. The van der Waals surface area contributed by atoms with E-state index in [1.165, 1.54) is 25.7 Å². The highest BCUT2D eigenvalue weighted by Crippen LogP contribution is 2.32. The number of carbonyl (C=O) groups is 1. The Labute approximate surface area is 111 Å². The van der Waals surface area contributed by atoms with Gasteiger partial charge in [-0.05, 0) is 25.2 Å². The van der Waals surface area contributed by atoms with Crippen molar-refractivity contribution in [3.05, 3.63) is 0 Å². The molecule has 0 heterocycles. The average molecular weight is 256 g/mol. The Bertz CT molecular complexity index is 242. The summed E-state index contributed by atoms with van der Waals surface area (Å²) >= 11 is 0. The summed E-state index contributed by atoms with van der Waals surface area (Å²) < 4.78 is 0. The number of carbonyl (C=O) groups excluding carboxylic acids is 1. The minimum absolute atomic E-state index is 0.0225. The number of hydrogen-bond acceptors (Lipinski definition) is 3. The summed E-state index contributed by atoms with van der Waals surface area (Å²) in [5.41, 5.74) is 5.98. The molecule has 1 unspecified atom stereocenters. The molecule has 18 heavy (non-hydrogen) atoms. The summed E-state index contributed by atoms with van der Waals surface area (Å²) in [7, 11) is 0. The molecule has 0 aliphatic heterocycles. The largest absolute Gasteiger partial charge is 0.395 e. The number of hydrogen-bond donors (Lipinski definition) is 2. The van der Waals surface area contributed by atoms with Gasteiger partial charge < -0.3 is 15.7 Å². The van der Waals surface area contributed by atoms with Gasteiger partial charge in [-0.25, -0.2) is 0 Å². The average Bonchev–Trinajstić information content (AvgIpc) is 3.17. The molecule has 0 aromatic rings. The third-order valence-corrected chi connectivity index (χ3v) is 3.64. The fraction of sp³-hybridized carbons (Fsp3) is 0.929. The summed E-state index contributed by atoms with van der Waals surface area (Å²) in [6.45, 7) is 3.42. The van der Waals surface area contributed by atoms with Crippen molar-refractivity contribution in [1.82, 2.24) is 4.90 Å². The van der Waals surface area contributed by atoms with Crippen LogP contribution in [0.3, 0.4) is 0 Å². The van der Waals surface area contributed by atoms with E-state index in [1.807, 2.05) is 0 Å². The number of nitrogens with two attached hydrogens (primary N) is 1. The summed E-state index contributed by atoms with van der Waals surface area (Å²) in [5, 5.41) is 9.02. The van der Waals surface area contributed by atoms with E-state index in [0.717, 1.165) is 19.4 Å². The van der Waals surface area contributed by atoms with Gasteiger partial charge in [-0.3, -0.25) is 4.79 Å². The van der Waals surface area contributed by atoms with E-state index in [1.54, 1.807) is 4.90 Å². The van der Waals surface area contributed by atoms with E-state index < -0.39 is 0 Å². The van der Waals surface area contributed by atoms with E-state index in [4.69, 9.17) is 10.8 Å². The van der Waals surface area contributed by atoms with Crippen LogP contribution in [0, 0.1) is 5.92 Å². The maximum atomic E-state index is 12.1. The van der Waals surface area contributed by atoms with Crippen molar-refractivity contribution >= 4 is 5.91 Å². The third kappa shape index (κ3) is 5.83. The Morgan fingerprint density at radius 3 is 2.61 bits per heavy atom. The van der Waals surface area contributed by atoms with Gasteiger partial charge in [0.15, 0.2) is 0 Å². The van der Waals surface area contributed by atoms with Crippen molar-refractivity contribution in [3.8, 4) is 0 Å². The Kier molecular flexibility index (Phi) is 7.28. The summed E-state index contributed by atoms with van der Waals surface area (Å²) in [6.07, 6.45) is 7.37. The molecule has 1 aliphatic rings. The molecule has 1 amide bonds. The van der Waals surface area contributed by atoms with E-state index in [2.05, 4.69) is 6.92 Å². The van der Waals surface area contributed by atoms with Crippen LogP contribution in [-0.4, -0.2) is 41.7 Å². The summed E-state index contributed by atoms with van der Waals surface area (Å²) in [5.74, 6) is 0.671. The number of nitrogens with zero attached hydrogens (tertiary/aromatic N) is 1. The number of rotatable bonds is 10. The van der Waals surface area contributed by atoms with Crippen molar-refractivity contribution in [2.24, 2.45) is 11.7 Å². The van der Waals surface area contributed by atoms with Crippen molar-refractivity contribution in [3.63, 3.8) is 0 Å². The molecule has 4 nitrogen and oxygen atoms in total. The lowest BCUT2D eigenvalue weighted by molar-refractivity contribution is -0.132. The predicted octanol–water partition coefficient (Wildman–Crippen LogP) is 1.52. The second kappa shape index (κ2) is 8.48. The molecule has 1 fully saturated rings. The van der Waals surface area contributed by atoms with Crippen molar-refractivity contribution in [2.75, 3.05) is 19.7 Å². The highest BCUT2D eigenvalue weighted by atomic mass is 16.3. The molecule has 0 saturated heterocycles. The Morgan fingerprint density at radius 1 is 1.33 bits per heavy atom. The van der Waals surface area contributed by atoms with Gasteiger partial charge in [-0.15, -0.1) is 0 Å². The molecule has 0 aromatic carbocycles. The van der Waals surface area contributed by atoms with Crippen LogP contribution < -0.4 is 5.73 Å². The van der Waals surface area contributed by atoms with Crippen LogP contribution in [0.15, 0.2) is 0 Å². The fourth-order valence-electron chi connectivity index (χ4n) is 2.23. The summed E-state index contributed by atoms with van der Waals surface area (Å²) in [4.78, 5) is 13.9. The number of amides is 1. The Morgan fingerprint density at radius 2 is 2.06 bits per heavy atom. The standard InChI is InChI=1S/C14H28N2O2/c1-2-3-4-5-8-16(9-10-17)14(18)11-13(15)12-6-7-12/h12-13,17H,2-11,15H2,1H3. The maximum absolute atomic E-state index is 12.1. The lowest BCUT2D eigenvalue weighted by Gasteiger charge is -2.23. The molecule has 0 bridgehead atoms. The first-order chi connectivity index (χ1) is 8.69. The topological polar surface area (TPSA) is 66.6 Å². The second-order valence-electron chi connectivity index (χ2n) is 5.37. The first kappa shape index (κ1) is 15.4. The minimum Gasteiger partial charge on any atom is -0.395 e. The van der Waals surface area contributed by atoms with Gasteiger partial charge in [0.05, 0.1) is 6.61 Å². The minimum atomic E-state index is 0.0225. The van der Waals surface area contributed by atoms with Crippen LogP contribution in [0.25, 0.3) is 0 Å². The van der Waals surface area contributed by atoms with Gasteiger partial charge in [0.1, 0.15) is 0 Å². The van der Waals surface area contributed by atoms with Crippen LogP contribution in [0.2, 0.25) is 0 Å². The van der Waals surface area contributed by atoms with Crippen LogP contribution >= 0.6 is 0 Å². The van der Waals surface area contributed by atoms with Gasteiger partial charge in [-0.2, -0.15) is 0 Å². The quantitative estimate of drug-likeness (QED) is 0.582. The monoisotopic (exact) mass is 256 g/mol. The molecular weight excluding hydrogens is 228 g/mol. The third-order valence-electron chi connectivity index (χ3n) is 3.64. The second-order valence-corrected chi connectivity index (χ2v) is 5.37. The fourth-order valence-corrected chi connectivity index (χ4v) is 2.23. The molecule has 0 aromatic heterocycles. The van der Waals surface area contributed by atoms with Crippen LogP contribution in [0.1, 0.15) is 51.9 Å². The number of aliphatic hydroxyl groups excluding tert-OH is 1. The molecule has 0 spiro atoms. The lowest BCUT2D eigenvalue weighted by atomic mass is 10.1. The molecule has 106 valence electrons. The zero-order chi connectivity index (χ0) is 13.4. The molecule has 4 heteroatoms. The highest BCUT2D eigenvalue weighted by molar-refractivity contribution is 5.76. The zero-order valence-electron chi connectivity index (χ0n) is 11.6. The van der Waals surface area contributed by atoms with E-state index in [-0.39, 0.29) is 18.6 Å². The van der Waals surface area contributed by atoms with Crippen molar-refractivity contribution in [1.29, 1.82) is 0 Å². The molecule has 1 rings (SSSR count). The van der Waals surface area contributed by atoms with E-state index >= 15 is 0 Å². The predicted molar refractivity (Wildman–Crippen MR) is 73.1 cm³/mol. The first-order valence-corrected chi connectivity index (χ1v) is 7.33. The molecule has 1 saturated carbocycles. The van der Waals surface area contributed by atoms with Gasteiger partial charge >= 0.3 is 0 Å². The molecular formula is C14H28N2O2. The highest BCUT2D eigenvalue weighted by Gasteiger charge is 2.30. The SMILES string of the molecule is CCCCCCN(CCO)C(=O)CC(N)C1CC1. The van der Waals surface area contributed by atoms with Gasteiger partial charge in [-0.1, -0.05) is 26.2 Å². The maximum Gasteiger partial charge on any atom is 0.224 e. The molecule has 0 radical (unpaired) electrons. The smallest absolute Gasteiger partial charge is 0.224 e. The van der Waals surface area contributed by atoms with Gasteiger partial charge in [0.2, 0.25) is 5.91 Å². The van der Waals surface area contributed by atoms with Gasteiger partial charge in [0, 0.05) is 25.6 Å². The normalized spacial score (nSPS) is 16.6. The van der Waals surface area contributed by atoms with Crippen molar-refractivity contribution < 1.29 is 9.90 Å². The molecule has 1 atom stereocenters. The molecule has 3 N–H and O–H groups in total. The zero-order valence-corrected chi connectivity index (χ0v) is 11.6. The Hall–Kier alpha value is -0.610. The van der Waals surface area contributed by atoms with Crippen LogP contribution in [-0.2, 0) is 4.79 Å². The van der Waals surface area contributed by atoms with E-state index in [0.29, 0.717) is 18.9 Å². The Balaban J connectivity index is 2.26. The van der Waals surface area contributed by atoms with Crippen LogP contribution in [0.4, 0.5) is 0 Å². The number of aliphatic hydroxyl groups is 1. The summed E-state index contributed by atoms with van der Waals surface area (Å²) in [6, 6.07) is 0.0225. The van der Waals surface area contributed by atoms with E-state index in [9.17, 15) is 4.79 Å². The van der Waals surface area contributed by atoms with Crippen LogP contribution in [0.5, 0.6) is 0 Å². The molecule has 1 aliphatic carbocycles. The number of unbranched alkanes of at least 4 members (excludes halogenated alkanes) is 3. The van der Waals surface area contributed by atoms with Crippen molar-refractivity contribution in [2.45, 2.75) is 57.9 Å². The first-order valence-electron chi connectivity index (χ1n) is 7.33. The van der Waals surface area contributed by atoms with Gasteiger partial charge in [0.25, 0.3) is 0 Å².